The minimum atomic E-state index is 1.28. The van der Waals surface area contributed by atoms with E-state index in [1.807, 2.05) is 0 Å². The van der Waals surface area contributed by atoms with Crippen molar-refractivity contribution in [3.05, 3.63) is 71.7 Å². The lowest BCUT2D eigenvalue weighted by Gasteiger charge is -2.07. The van der Waals surface area contributed by atoms with Crippen molar-refractivity contribution in [2.45, 2.75) is 6.92 Å². The molecule has 0 heterocycles. The second-order valence-corrected chi connectivity index (χ2v) is 4.18. The Bertz CT molecular complexity index is 535. The second-order valence-electron chi connectivity index (χ2n) is 4.18. The van der Waals surface area contributed by atoms with Crippen LogP contribution in [0.15, 0.2) is 54.6 Å². The van der Waals surface area contributed by atoms with Gasteiger partial charge in [-0.3, -0.25) is 0 Å². The summed E-state index contributed by atoms with van der Waals surface area (Å²) in [6.07, 6.45) is 4.37. The fourth-order valence-corrected chi connectivity index (χ4v) is 2.17. The normalized spacial score (nSPS) is 14.1. The molecule has 0 unspecified atom stereocenters. The van der Waals surface area contributed by atoms with Crippen LogP contribution in [0.1, 0.15) is 18.1 Å². The van der Waals surface area contributed by atoms with E-state index in [1.54, 1.807) is 0 Å². The molecule has 0 nitrogen and oxygen atoms in total. The Morgan fingerprint density at radius 2 is 1.56 bits per heavy atom. The molecule has 3 rings (SSSR count). The third kappa shape index (κ3) is 1.47. The number of hydrogen-bond acceptors (Lipinski definition) is 0. The highest BCUT2D eigenvalue weighted by molar-refractivity contribution is 5.75. The van der Waals surface area contributed by atoms with Crippen LogP contribution in [-0.2, 0) is 0 Å². The van der Waals surface area contributed by atoms with Crippen molar-refractivity contribution in [1.29, 1.82) is 0 Å². The van der Waals surface area contributed by atoms with E-state index >= 15 is 0 Å². The highest BCUT2D eigenvalue weighted by Gasteiger charge is 2.13. The molecule has 1 aliphatic carbocycles. The van der Waals surface area contributed by atoms with Gasteiger partial charge in [0, 0.05) is 5.92 Å². The van der Waals surface area contributed by atoms with E-state index in [9.17, 15) is 0 Å². The minimum Gasteiger partial charge on any atom is -0.0724 e. The van der Waals surface area contributed by atoms with E-state index in [0.29, 0.717) is 0 Å². The van der Waals surface area contributed by atoms with Gasteiger partial charge in [0.15, 0.2) is 0 Å². The summed E-state index contributed by atoms with van der Waals surface area (Å²) in [4.78, 5) is 0. The van der Waals surface area contributed by atoms with E-state index in [0.717, 1.165) is 0 Å². The molecular weight excluding hydrogens is 192 g/mol. The van der Waals surface area contributed by atoms with Crippen LogP contribution in [0.2, 0.25) is 0 Å². The monoisotopic (exact) mass is 205 g/mol. The Kier molecular flexibility index (Phi) is 2.14. The van der Waals surface area contributed by atoms with Gasteiger partial charge in [-0.05, 0) is 28.3 Å². The van der Waals surface area contributed by atoms with Crippen molar-refractivity contribution in [3.63, 3.8) is 0 Å². The number of fused-ring (bicyclic) bond motifs is 1. The Hall–Kier alpha value is -1.82. The molecule has 1 radical (unpaired) electrons. The van der Waals surface area contributed by atoms with Crippen molar-refractivity contribution in [3.8, 4) is 11.1 Å². The van der Waals surface area contributed by atoms with Gasteiger partial charge in [0.25, 0.3) is 0 Å². The first-order chi connectivity index (χ1) is 7.84. The average Bonchev–Trinajstić information content (AvgIpc) is 2.72. The molecule has 0 amide bonds. The molecule has 0 aromatic heterocycles. The molecule has 1 aliphatic rings. The molecule has 77 valence electrons. The Morgan fingerprint density at radius 3 is 2.38 bits per heavy atom. The topological polar surface area (TPSA) is 0 Å². The quantitative estimate of drug-likeness (QED) is 0.650. The molecule has 0 saturated carbocycles. The van der Waals surface area contributed by atoms with Crippen molar-refractivity contribution < 1.29 is 0 Å². The predicted octanol–water partition coefficient (Wildman–Crippen LogP) is 4.32. The van der Waals surface area contributed by atoms with Gasteiger partial charge in [-0.2, -0.15) is 0 Å². The number of allylic oxidation sites excluding steroid dienone is 1. The summed E-state index contributed by atoms with van der Waals surface area (Å²) >= 11 is 0. The molecular formula is C16H13. The van der Waals surface area contributed by atoms with Crippen molar-refractivity contribution in [2.24, 2.45) is 0 Å². The van der Waals surface area contributed by atoms with E-state index < -0.39 is 0 Å². The largest absolute Gasteiger partial charge is 0.0724 e. The van der Waals surface area contributed by atoms with Crippen molar-refractivity contribution in [1.82, 2.24) is 0 Å². The van der Waals surface area contributed by atoms with Crippen LogP contribution in [-0.4, -0.2) is 0 Å². The first-order valence-electron chi connectivity index (χ1n) is 5.56. The Balaban J connectivity index is 2.09. The minimum absolute atomic E-state index is 1.28. The van der Waals surface area contributed by atoms with Gasteiger partial charge < -0.3 is 0 Å². The number of benzene rings is 2. The highest BCUT2D eigenvalue weighted by Crippen LogP contribution is 2.32. The molecule has 0 fully saturated rings. The molecule has 0 bridgehead atoms. The molecule has 0 heteroatoms. The Morgan fingerprint density at radius 1 is 0.750 bits per heavy atom. The first-order valence-corrected chi connectivity index (χ1v) is 5.56. The van der Waals surface area contributed by atoms with Gasteiger partial charge in [0.1, 0.15) is 0 Å². The van der Waals surface area contributed by atoms with Gasteiger partial charge in [-0.15, -0.1) is 0 Å². The maximum atomic E-state index is 2.26. The maximum absolute atomic E-state index is 2.26. The summed E-state index contributed by atoms with van der Waals surface area (Å²) in [7, 11) is 0. The molecule has 0 spiro atoms. The average molecular weight is 205 g/mol. The maximum Gasteiger partial charge on any atom is 0.0242 e. The second kappa shape index (κ2) is 3.64. The molecule has 0 saturated heterocycles. The fourth-order valence-electron chi connectivity index (χ4n) is 2.17. The van der Waals surface area contributed by atoms with Crippen LogP contribution < -0.4 is 0 Å². The molecule has 2 aromatic rings. The van der Waals surface area contributed by atoms with Crippen LogP contribution in [0.25, 0.3) is 17.2 Å². The zero-order valence-corrected chi connectivity index (χ0v) is 9.27. The summed E-state index contributed by atoms with van der Waals surface area (Å²) in [5.41, 5.74) is 5.26. The third-order valence-corrected chi connectivity index (χ3v) is 3.10. The summed E-state index contributed by atoms with van der Waals surface area (Å²) < 4.78 is 0. The molecule has 0 aliphatic heterocycles. The predicted molar refractivity (Wildman–Crippen MR) is 68.9 cm³/mol. The molecule has 2 aromatic carbocycles. The summed E-state index contributed by atoms with van der Waals surface area (Å²) in [6.45, 7) is 2.16. The summed E-state index contributed by atoms with van der Waals surface area (Å²) in [6, 6.07) is 17.2. The standard InChI is InChI=1S/C16H13/c1-12-7-8-15-11-14(9-10-16(12)15)13-5-3-2-4-6-13/h2-11H,1H3. The number of hydrogen-bond donors (Lipinski definition) is 0. The van der Waals surface area contributed by atoms with Crippen LogP contribution >= 0.6 is 0 Å². The lowest BCUT2D eigenvalue weighted by atomic mass is 9.97. The van der Waals surface area contributed by atoms with Crippen LogP contribution in [0.4, 0.5) is 0 Å². The van der Waals surface area contributed by atoms with Gasteiger partial charge in [0.2, 0.25) is 0 Å². The molecule has 0 N–H and O–H groups in total. The van der Waals surface area contributed by atoms with E-state index in [-0.39, 0.29) is 0 Å². The summed E-state index contributed by atoms with van der Waals surface area (Å²) in [5, 5.41) is 0. The van der Waals surface area contributed by atoms with Crippen LogP contribution in [0.3, 0.4) is 0 Å². The lowest BCUT2D eigenvalue weighted by Crippen LogP contribution is -1.88. The van der Waals surface area contributed by atoms with E-state index in [1.165, 1.54) is 28.2 Å². The lowest BCUT2D eigenvalue weighted by molar-refractivity contribution is 1.28. The number of rotatable bonds is 1. The molecule has 0 atom stereocenters. The van der Waals surface area contributed by atoms with E-state index in [2.05, 4.69) is 67.6 Å². The summed E-state index contributed by atoms with van der Waals surface area (Å²) in [5.74, 6) is 1.36. The highest BCUT2D eigenvalue weighted by atomic mass is 14.2. The first kappa shape index (κ1) is 9.41. The van der Waals surface area contributed by atoms with Gasteiger partial charge >= 0.3 is 0 Å². The van der Waals surface area contributed by atoms with Crippen molar-refractivity contribution >= 4 is 6.08 Å². The van der Waals surface area contributed by atoms with Gasteiger partial charge in [0.05, 0.1) is 0 Å². The third-order valence-electron chi connectivity index (χ3n) is 3.10. The van der Waals surface area contributed by atoms with Crippen LogP contribution in [0, 0.1) is 5.92 Å². The smallest absolute Gasteiger partial charge is 0.0242 e. The van der Waals surface area contributed by atoms with Crippen LogP contribution in [0.5, 0.6) is 0 Å². The van der Waals surface area contributed by atoms with Gasteiger partial charge in [-0.1, -0.05) is 61.5 Å². The molecule has 16 heavy (non-hydrogen) atoms. The van der Waals surface area contributed by atoms with Gasteiger partial charge in [-0.25, -0.2) is 0 Å². The SMILES string of the molecule is C[C]1C=Cc2cc(-c3ccccc3)ccc21. The van der Waals surface area contributed by atoms with E-state index in [4.69, 9.17) is 0 Å². The van der Waals surface area contributed by atoms with Crippen molar-refractivity contribution in [2.75, 3.05) is 0 Å². The fraction of sp³-hybridized carbons (Fsp3) is 0.0625. The zero-order valence-electron chi connectivity index (χ0n) is 9.27. The Labute approximate surface area is 96.3 Å². The zero-order chi connectivity index (χ0) is 11.0.